The van der Waals surface area contributed by atoms with Crippen molar-refractivity contribution in [3.8, 4) is 0 Å². The molecule has 0 spiro atoms. The summed E-state index contributed by atoms with van der Waals surface area (Å²) in [7, 11) is 0. The van der Waals surface area contributed by atoms with E-state index in [1.54, 1.807) is 25.1 Å². The molecule has 0 saturated carbocycles. The van der Waals surface area contributed by atoms with Gasteiger partial charge in [-0.25, -0.2) is 0 Å². The van der Waals surface area contributed by atoms with Gasteiger partial charge in [-0.2, -0.15) is 0 Å². The first-order valence-electron chi connectivity index (χ1n) is 5.35. The van der Waals surface area contributed by atoms with Gasteiger partial charge in [0.05, 0.1) is 0 Å². The molecule has 1 atom stereocenters. The van der Waals surface area contributed by atoms with Crippen molar-refractivity contribution >= 4 is 45.8 Å². The zero-order valence-electron chi connectivity index (χ0n) is 9.62. The van der Waals surface area contributed by atoms with Gasteiger partial charge in [-0.15, -0.1) is 0 Å². The summed E-state index contributed by atoms with van der Waals surface area (Å²) in [6, 6.07) is 12.8. The van der Waals surface area contributed by atoms with E-state index < -0.39 is 5.60 Å². The van der Waals surface area contributed by atoms with Crippen molar-refractivity contribution in [3.05, 3.63) is 67.2 Å². The van der Waals surface area contributed by atoms with E-state index in [4.69, 9.17) is 23.2 Å². The van der Waals surface area contributed by atoms with E-state index in [2.05, 4.69) is 22.6 Å². The second-order valence-electron chi connectivity index (χ2n) is 4.20. The summed E-state index contributed by atoms with van der Waals surface area (Å²) in [5.41, 5.74) is 0.233. The van der Waals surface area contributed by atoms with Crippen LogP contribution < -0.4 is 0 Å². The Balaban J connectivity index is 2.53. The van der Waals surface area contributed by atoms with E-state index >= 15 is 0 Å². The van der Waals surface area contributed by atoms with Crippen molar-refractivity contribution in [2.24, 2.45) is 0 Å². The van der Waals surface area contributed by atoms with Crippen molar-refractivity contribution in [3.63, 3.8) is 0 Å². The molecule has 0 bridgehead atoms. The highest BCUT2D eigenvalue weighted by Gasteiger charge is 2.28. The molecule has 4 heteroatoms. The lowest BCUT2D eigenvalue weighted by Gasteiger charge is -2.25. The third-order valence-electron chi connectivity index (χ3n) is 2.86. The Morgan fingerprint density at radius 3 is 2.28 bits per heavy atom. The van der Waals surface area contributed by atoms with E-state index in [-0.39, 0.29) is 0 Å². The molecule has 2 aromatic carbocycles. The molecular weight excluding hydrogens is 382 g/mol. The van der Waals surface area contributed by atoms with Gasteiger partial charge in [0.1, 0.15) is 5.60 Å². The lowest BCUT2D eigenvalue weighted by Crippen LogP contribution is -2.23. The van der Waals surface area contributed by atoms with Crippen molar-refractivity contribution in [2.75, 3.05) is 0 Å². The predicted molar refractivity (Wildman–Crippen MR) is 84.3 cm³/mol. The maximum absolute atomic E-state index is 10.7. The molecular formula is C14H11Cl2IO. The minimum atomic E-state index is -1.16. The van der Waals surface area contributed by atoms with Crippen LogP contribution in [0.4, 0.5) is 0 Å². The maximum Gasteiger partial charge on any atom is 0.113 e. The predicted octanol–water partition coefficient (Wildman–Crippen LogP) is 4.85. The smallest absolute Gasteiger partial charge is 0.113 e. The molecule has 0 aliphatic heterocycles. The fourth-order valence-corrected chi connectivity index (χ4v) is 2.63. The van der Waals surface area contributed by atoms with Gasteiger partial charge in [0.15, 0.2) is 0 Å². The third kappa shape index (κ3) is 2.82. The van der Waals surface area contributed by atoms with Crippen LogP contribution in [0.3, 0.4) is 0 Å². The van der Waals surface area contributed by atoms with Gasteiger partial charge in [-0.1, -0.05) is 35.3 Å². The quantitative estimate of drug-likeness (QED) is 0.724. The molecule has 0 radical (unpaired) electrons. The first-order valence-corrected chi connectivity index (χ1v) is 7.18. The van der Waals surface area contributed by atoms with Crippen LogP contribution in [0.1, 0.15) is 18.1 Å². The van der Waals surface area contributed by atoms with Gasteiger partial charge < -0.3 is 5.11 Å². The second kappa shape index (κ2) is 5.37. The topological polar surface area (TPSA) is 20.2 Å². The summed E-state index contributed by atoms with van der Waals surface area (Å²) in [6.45, 7) is 1.72. The largest absolute Gasteiger partial charge is 0.381 e. The summed E-state index contributed by atoms with van der Waals surface area (Å²) in [5, 5.41) is 11.8. The summed E-state index contributed by atoms with van der Waals surface area (Å²) in [5.74, 6) is 0. The van der Waals surface area contributed by atoms with Crippen molar-refractivity contribution < 1.29 is 5.11 Å². The molecule has 1 N–H and O–H groups in total. The SMILES string of the molecule is CC(O)(c1ccc(I)cc1)c1cc(Cl)ccc1Cl. The Morgan fingerprint density at radius 1 is 1.06 bits per heavy atom. The maximum atomic E-state index is 10.7. The third-order valence-corrected chi connectivity index (χ3v) is 4.14. The molecule has 0 amide bonds. The zero-order valence-corrected chi connectivity index (χ0v) is 13.3. The fraction of sp³-hybridized carbons (Fsp3) is 0.143. The molecule has 18 heavy (non-hydrogen) atoms. The molecule has 0 aromatic heterocycles. The van der Waals surface area contributed by atoms with E-state index in [1.165, 1.54) is 0 Å². The Kier molecular flexibility index (Phi) is 4.22. The summed E-state index contributed by atoms with van der Waals surface area (Å²) in [6.07, 6.45) is 0. The van der Waals surface area contributed by atoms with Gasteiger partial charge in [0.25, 0.3) is 0 Å². The first kappa shape index (κ1) is 14.1. The first-order chi connectivity index (χ1) is 8.41. The molecule has 2 aromatic rings. The number of hydrogen-bond acceptors (Lipinski definition) is 1. The van der Waals surface area contributed by atoms with Crippen molar-refractivity contribution in [1.29, 1.82) is 0 Å². The normalized spacial score (nSPS) is 14.3. The highest BCUT2D eigenvalue weighted by molar-refractivity contribution is 14.1. The fourth-order valence-electron chi connectivity index (χ4n) is 1.80. The van der Waals surface area contributed by atoms with Crippen LogP contribution in [0.5, 0.6) is 0 Å². The minimum Gasteiger partial charge on any atom is -0.381 e. The molecule has 0 heterocycles. The highest BCUT2D eigenvalue weighted by atomic mass is 127. The van der Waals surface area contributed by atoms with Crippen LogP contribution in [0.2, 0.25) is 10.0 Å². The monoisotopic (exact) mass is 392 g/mol. The van der Waals surface area contributed by atoms with Crippen molar-refractivity contribution in [2.45, 2.75) is 12.5 Å². The van der Waals surface area contributed by atoms with E-state index in [0.29, 0.717) is 15.6 Å². The van der Waals surface area contributed by atoms with Crippen LogP contribution in [0.25, 0.3) is 0 Å². The number of halogens is 3. The molecule has 1 unspecified atom stereocenters. The lowest BCUT2D eigenvalue weighted by molar-refractivity contribution is 0.102. The van der Waals surface area contributed by atoms with Gasteiger partial charge in [0, 0.05) is 19.2 Å². The van der Waals surface area contributed by atoms with Crippen LogP contribution in [0, 0.1) is 3.57 Å². The molecule has 94 valence electrons. The number of hydrogen-bond donors (Lipinski definition) is 1. The zero-order chi connectivity index (χ0) is 13.3. The van der Waals surface area contributed by atoms with Gasteiger partial charge in [-0.05, 0) is 65.4 Å². The van der Waals surface area contributed by atoms with Gasteiger partial charge >= 0.3 is 0 Å². The Labute approximate surface area is 130 Å². The van der Waals surface area contributed by atoms with Crippen LogP contribution in [0.15, 0.2) is 42.5 Å². The Hall–Kier alpha value is -0.290. The van der Waals surface area contributed by atoms with E-state index in [1.807, 2.05) is 24.3 Å². The number of benzene rings is 2. The van der Waals surface area contributed by atoms with Crippen LogP contribution in [-0.4, -0.2) is 5.11 Å². The van der Waals surface area contributed by atoms with Gasteiger partial charge in [0.2, 0.25) is 0 Å². The number of aliphatic hydroxyl groups is 1. The molecule has 1 nitrogen and oxygen atoms in total. The average Bonchev–Trinajstić information content (AvgIpc) is 2.32. The average molecular weight is 393 g/mol. The minimum absolute atomic E-state index is 0.503. The lowest BCUT2D eigenvalue weighted by atomic mass is 9.88. The van der Waals surface area contributed by atoms with Crippen LogP contribution >= 0.6 is 45.8 Å². The molecule has 0 saturated heterocycles. The Bertz CT molecular complexity index is 565. The highest BCUT2D eigenvalue weighted by Crippen LogP contribution is 2.35. The van der Waals surface area contributed by atoms with Gasteiger partial charge in [-0.3, -0.25) is 0 Å². The van der Waals surface area contributed by atoms with E-state index in [0.717, 1.165) is 9.13 Å². The van der Waals surface area contributed by atoms with Crippen LogP contribution in [-0.2, 0) is 5.60 Å². The standard InChI is InChI=1S/C14H11Cl2IO/c1-14(18,9-2-5-11(17)6-3-9)12-8-10(15)4-7-13(12)16/h2-8,18H,1H3. The molecule has 0 aliphatic rings. The van der Waals surface area contributed by atoms with E-state index in [9.17, 15) is 5.11 Å². The Morgan fingerprint density at radius 2 is 1.67 bits per heavy atom. The molecule has 0 aliphatic carbocycles. The van der Waals surface area contributed by atoms with Crippen molar-refractivity contribution in [1.82, 2.24) is 0 Å². The summed E-state index contributed by atoms with van der Waals surface area (Å²) < 4.78 is 1.12. The second-order valence-corrected chi connectivity index (χ2v) is 6.29. The molecule has 0 fully saturated rings. The summed E-state index contributed by atoms with van der Waals surface area (Å²) >= 11 is 14.3. The summed E-state index contributed by atoms with van der Waals surface area (Å²) in [4.78, 5) is 0. The number of rotatable bonds is 2. The molecule has 2 rings (SSSR count).